The van der Waals surface area contributed by atoms with Gasteiger partial charge in [0, 0.05) is 15.8 Å². The molecule has 0 saturated heterocycles. The van der Waals surface area contributed by atoms with Gasteiger partial charge in [-0.3, -0.25) is 0 Å². The molecule has 0 nitrogen and oxygen atoms in total. The molecule has 5 aliphatic carbocycles. The van der Waals surface area contributed by atoms with Crippen LogP contribution in [0.5, 0.6) is 0 Å². The summed E-state index contributed by atoms with van der Waals surface area (Å²) in [6.07, 6.45) is 17.4. The Balaban J connectivity index is 1.21. The Hall–Kier alpha value is -2.90. The lowest BCUT2D eigenvalue weighted by Gasteiger charge is -2.49. The number of hydrogen-bond donors (Lipinski definition) is 0. The number of halogens is 1. The topological polar surface area (TPSA) is 0 Å². The third kappa shape index (κ3) is 2.81. The molecule has 3 aromatic carbocycles. The van der Waals surface area contributed by atoms with E-state index in [1.54, 1.807) is 5.57 Å². The van der Waals surface area contributed by atoms with Gasteiger partial charge in [0.15, 0.2) is 0 Å². The SMILES string of the molecule is BrC1=CC23CC(=C(c4ccc5cc(C6C=Cc7ccccc7C6)ccc5c4)C=C2C=C1)C3. The summed E-state index contributed by atoms with van der Waals surface area (Å²) in [5.74, 6) is 0.454. The minimum Gasteiger partial charge on any atom is -0.0761 e. The fourth-order valence-corrected chi connectivity index (χ4v) is 6.54. The van der Waals surface area contributed by atoms with Crippen LogP contribution in [0.25, 0.3) is 22.4 Å². The van der Waals surface area contributed by atoms with E-state index in [1.165, 1.54) is 61.5 Å². The predicted octanol–water partition coefficient (Wildman–Crippen LogP) is 8.52. The van der Waals surface area contributed by atoms with Crippen molar-refractivity contribution in [1.82, 2.24) is 0 Å². The van der Waals surface area contributed by atoms with Gasteiger partial charge in [-0.2, -0.15) is 0 Å². The lowest BCUT2D eigenvalue weighted by atomic mass is 9.55. The zero-order chi connectivity index (χ0) is 21.3. The highest BCUT2D eigenvalue weighted by Crippen LogP contribution is 2.60. The molecule has 3 aromatic rings. The molecule has 1 heteroatoms. The smallest absolute Gasteiger partial charge is 0.0221 e. The first kappa shape index (κ1) is 18.7. The van der Waals surface area contributed by atoms with Crippen LogP contribution in [0, 0.1) is 5.41 Å². The highest BCUT2D eigenvalue weighted by Gasteiger charge is 2.46. The van der Waals surface area contributed by atoms with E-state index in [0.717, 1.165) is 6.42 Å². The zero-order valence-electron chi connectivity index (χ0n) is 17.8. The molecule has 1 atom stereocenters. The number of hydrogen-bond acceptors (Lipinski definition) is 0. The van der Waals surface area contributed by atoms with E-state index in [0.29, 0.717) is 5.92 Å². The van der Waals surface area contributed by atoms with Gasteiger partial charge in [-0.05, 0) is 75.6 Å². The minimum absolute atomic E-state index is 0.254. The van der Waals surface area contributed by atoms with Crippen molar-refractivity contribution in [2.24, 2.45) is 5.41 Å². The van der Waals surface area contributed by atoms with Crippen molar-refractivity contribution >= 4 is 38.4 Å². The average molecular weight is 475 g/mol. The third-order valence-corrected chi connectivity index (χ3v) is 8.25. The summed E-state index contributed by atoms with van der Waals surface area (Å²) >= 11 is 3.67. The molecular formula is C31H23Br. The second-order valence-corrected chi connectivity index (χ2v) is 10.6. The maximum absolute atomic E-state index is 3.67. The molecular weight excluding hydrogens is 452 g/mol. The van der Waals surface area contributed by atoms with E-state index in [9.17, 15) is 0 Å². The molecule has 1 spiro atoms. The van der Waals surface area contributed by atoms with Crippen LogP contribution in [-0.2, 0) is 6.42 Å². The van der Waals surface area contributed by atoms with E-state index in [4.69, 9.17) is 0 Å². The molecule has 0 heterocycles. The normalized spacial score (nSPS) is 22.1. The minimum atomic E-state index is 0.254. The third-order valence-electron chi connectivity index (χ3n) is 7.76. The lowest BCUT2D eigenvalue weighted by molar-refractivity contribution is 0.354. The Morgan fingerprint density at radius 3 is 2.62 bits per heavy atom. The molecule has 0 amide bonds. The van der Waals surface area contributed by atoms with Gasteiger partial charge in [0.1, 0.15) is 0 Å². The van der Waals surface area contributed by atoms with Gasteiger partial charge in [-0.25, -0.2) is 0 Å². The first-order valence-electron chi connectivity index (χ1n) is 11.5. The Morgan fingerprint density at radius 2 is 1.69 bits per heavy atom. The van der Waals surface area contributed by atoms with Crippen LogP contribution in [0.1, 0.15) is 41.0 Å². The van der Waals surface area contributed by atoms with Crippen LogP contribution in [0.4, 0.5) is 0 Å². The molecule has 1 saturated carbocycles. The fraction of sp³-hybridized carbons (Fsp3) is 0.161. The predicted molar refractivity (Wildman–Crippen MR) is 139 cm³/mol. The number of allylic oxidation sites excluding steroid dienone is 9. The van der Waals surface area contributed by atoms with Crippen molar-refractivity contribution in [1.29, 1.82) is 0 Å². The van der Waals surface area contributed by atoms with Crippen molar-refractivity contribution in [2.75, 3.05) is 0 Å². The second-order valence-electron chi connectivity index (χ2n) is 9.68. The summed E-state index contributed by atoms with van der Waals surface area (Å²) in [5, 5.41) is 2.66. The van der Waals surface area contributed by atoms with Gasteiger partial charge in [-0.15, -0.1) is 0 Å². The summed E-state index contributed by atoms with van der Waals surface area (Å²) in [6, 6.07) is 22.8. The molecule has 1 unspecified atom stereocenters. The molecule has 0 aromatic heterocycles. The summed E-state index contributed by atoms with van der Waals surface area (Å²) in [5.41, 5.74) is 10.3. The number of fused-ring (bicyclic) bond motifs is 3. The van der Waals surface area contributed by atoms with E-state index < -0.39 is 0 Å². The molecule has 1 fully saturated rings. The van der Waals surface area contributed by atoms with E-state index >= 15 is 0 Å². The van der Waals surface area contributed by atoms with Crippen LogP contribution in [0.3, 0.4) is 0 Å². The van der Waals surface area contributed by atoms with Crippen LogP contribution < -0.4 is 0 Å². The maximum atomic E-state index is 3.67. The van der Waals surface area contributed by atoms with Crippen LogP contribution in [0.2, 0.25) is 0 Å². The van der Waals surface area contributed by atoms with Crippen molar-refractivity contribution in [2.45, 2.75) is 25.2 Å². The van der Waals surface area contributed by atoms with Gasteiger partial charge in [0.2, 0.25) is 0 Å². The summed E-state index contributed by atoms with van der Waals surface area (Å²) in [4.78, 5) is 0. The zero-order valence-corrected chi connectivity index (χ0v) is 19.4. The molecule has 32 heavy (non-hydrogen) atoms. The van der Waals surface area contributed by atoms with E-state index in [2.05, 4.69) is 113 Å². The molecule has 8 rings (SSSR count). The Bertz CT molecular complexity index is 1450. The maximum Gasteiger partial charge on any atom is 0.0221 e. The van der Waals surface area contributed by atoms with Gasteiger partial charge in [0.25, 0.3) is 0 Å². The number of benzene rings is 3. The lowest BCUT2D eigenvalue weighted by Crippen LogP contribution is -2.35. The second kappa shape index (κ2) is 6.80. The Morgan fingerprint density at radius 1 is 0.844 bits per heavy atom. The summed E-state index contributed by atoms with van der Waals surface area (Å²) in [7, 11) is 0. The van der Waals surface area contributed by atoms with Crippen molar-refractivity contribution in [3.63, 3.8) is 0 Å². The molecule has 154 valence electrons. The Labute approximate surface area is 197 Å². The Kier molecular flexibility index (Phi) is 3.96. The molecule has 0 N–H and O–H groups in total. The van der Waals surface area contributed by atoms with E-state index in [-0.39, 0.29) is 5.41 Å². The first-order valence-corrected chi connectivity index (χ1v) is 12.3. The van der Waals surface area contributed by atoms with Crippen LogP contribution in [0.15, 0.2) is 107 Å². The molecule has 2 bridgehead atoms. The molecule has 5 aliphatic rings. The van der Waals surface area contributed by atoms with Gasteiger partial charge in [0.05, 0.1) is 0 Å². The van der Waals surface area contributed by atoms with Gasteiger partial charge >= 0.3 is 0 Å². The van der Waals surface area contributed by atoms with E-state index in [1.807, 2.05) is 0 Å². The van der Waals surface area contributed by atoms with Gasteiger partial charge < -0.3 is 0 Å². The highest BCUT2D eigenvalue weighted by molar-refractivity contribution is 9.11. The fourth-order valence-electron chi connectivity index (χ4n) is 5.97. The summed E-state index contributed by atoms with van der Waals surface area (Å²) < 4.78 is 1.22. The largest absolute Gasteiger partial charge is 0.0761 e. The average Bonchev–Trinajstić information content (AvgIpc) is 2.82. The number of rotatable bonds is 2. The highest BCUT2D eigenvalue weighted by atomic mass is 79.9. The van der Waals surface area contributed by atoms with Crippen LogP contribution >= 0.6 is 15.9 Å². The first-order chi connectivity index (χ1) is 15.7. The molecule has 0 aliphatic heterocycles. The van der Waals surface area contributed by atoms with Gasteiger partial charge in [-0.1, -0.05) is 106 Å². The van der Waals surface area contributed by atoms with Crippen molar-refractivity contribution < 1.29 is 0 Å². The van der Waals surface area contributed by atoms with Crippen LogP contribution in [-0.4, -0.2) is 0 Å². The quantitative estimate of drug-likeness (QED) is 0.349. The monoisotopic (exact) mass is 474 g/mol. The van der Waals surface area contributed by atoms with Crippen molar-refractivity contribution in [3.05, 3.63) is 129 Å². The summed E-state index contributed by atoms with van der Waals surface area (Å²) in [6.45, 7) is 0. The van der Waals surface area contributed by atoms with Crippen molar-refractivity contribution in [3.8, 4) is 0 Å². The standard InChI is InChI=1S/C31H23Br/c32-29-12-11-28-16-30(27-17-31(28,18-27)19-29)26-10-9-24-14-23(7-8-25(24)15-26)22-6-5-20-3-1-2-4-21(20)13-22/h1-12,14-16,19,22H,13,17-18H2. The molecule has 0 radical (unpaired) electrons.